The first-order valence-corrected chi connectivity index (χ1v) is 5.81. The molecule has 5 nitrogen and oxygen atoms in total. The van der Waals surface area contributed by atoms with Crippen molar-refractivity contribution in [2.45, 2.75) is 12.2 Å². The highest BCUT2D eigenvalue weighted by Gasteiger charge is 2.44. The monoisotopic (exact) mass is 289 g/mol. The number of hydrogen-bond acceptors (Lipinski definition) is 5. The molecule has 0 bridgehead atoms. The van der Waals surface area contributed by atoms with Gasteiger partial charge in [0, 0.05) is 17.6 Å². The third kappa shape index (κ3) is 2.32. The zero-order chi connectivity index (χ0) is 12.7. The maximum Gasteiger partial charge on any atom is 0.499 e. The highest BCUT2D eigenvalue weighted by Crippen LogP contribution is 2.32. The van der Waals surface area contributed by atoms with Crippen molar-refractivity contribution in [3.63, 3.8) is 0 Å². The van der Waals surface area contributed by atoms with E-state index in [1.54, 1.807) is 6.07 Å². The number of halogens is 2. The zero-order valence-corrected chi connectivity index (χ0v) is 10.9. The van der Waals surface area contributed by atoms with Gasteiger partial charge in [0.25, 0.3) is 0 Å². The van der Waals surface area contributed by atoms with E-state index < -0.39 is 19.3 Å². The fraction of sp³-hybridized carbons (Fsp3) is 0.455. The lowest BCUT2D eigenvalue weighted by molar-refractivity contribution is 0.0494. The van der Waals surface area contributed by atoms with Gasteiger partial charge in [-0.1, -0.05) is 0 Å². The predicted molar refractivity (Wildman–Crippen MR) is 69.4 cm³/mol. The van der Waals surface area contributed by atoms with Crippen LogP contribution in [0.2, 0.25) is 0 Å². The van der Waals surface area contributed by atoms with Gasteiger partial charge in [-0.3, -0.25) is 0 Å². The van der Waals surface area contributed by atoms with Gasteiger partial charge in [0.15, 0.2) is 0 Å². The van der Waals surface area contributed by atoms with Gasteiger partial charge in [-0.25, -0.2) is 4.39 Å². The molecule has 8 heteroatoms. The van der Waals surface area contributed by atoms with Gasteiger partial charge in [0.05, 0.1) is 12.7 Å². The summed E-state index contributed by atoms with van der Waals surface area (Å²) in [5.74, 6) is 0.157. The molecule has 2 aliphatic rings. The fourth-order valence-corrected chi connectivity index (χ4v) is 2.34. The minimum absolute atomic E-state index is 0. The minimum atomic E-state index is -0.723. The Labute approximate surface area is 116 Å². The molecule has 3 rings (SSSR count). The standard InChI is InChI=1S/C11H13BFNO4.ClH/c13-7-1-2-8-11-10(7)9(3-14)18-12(11)17-6(4-15)5-16-8;/h1-2,6,9,15H,3-5,14H2;1H/t6-,9-;/m1./s1. The van der Waals surface area contributed by atoms with Crippen molar-refractivity contribution in [3.05, 3.63) is 23.5 Å². The summed E-state index contributed by atoms with van der Waals surface area (Å²) in [4.78, 5) is 0. The van der Waals surface area contributed by atoms with Crippen molar-refractivity contribution in [1.29, 1.82) is 0 Å². The van der Waals surface area contributed by atoms with E-state index in [-0.39, 0.29) is 38.0 Å². The topological polar surface area (TPSA) is 73.9 Å². The lowest BCUT2D eigenvalue weighted by Gasteiger charge is -2.16. The van der Waals surface area contributed by atoms with Gasteiger partial charge in [0.2, 0.25) is 0 Å². The molecule has 0 aliphatic carbocycles. The summed E-state index contributed by atoms with van der Waals surface area (Å²) in [6.07, 6.45) is -1.03. The normalized spacial score (nSPS) is 24.3. The number of rotatable bonds is 2. The molecule has 0 aromatic heterocycles. The van der Waals surface area contributed by atoms with Crippen LogP contribution in [0.3, 0.4) is 0 Å². The van der Waals surface area contributed by atoms with Crippen LogP contribution in [0.1, 0.15) is 11.7 Å². The molecule has 0 spiro atoms. The smallest absolute Gasteiger partial charge is 0.491 e. The first kappa shape index (κ1) is 14.6. The van der Waals surface area contributed by atoms with E-state index in [4.69, 9.17) is 24.9 Å². The summed E-state index contributed by atoms with van der Waals surface area (Å²) in [6, 6.07) is 2.88. The minimum Gasteiger partial charge on any atom is -0.491 e. The molecule has 0 radical (unpaired) electrons. The average molecular weight is 289 g/mol. The van der Waals surface area contributed by atoms with Crippen LogP contribution in [-0.2, 0) is 9.31 Å². The van der Waals surface area contributed by atoms with Gasteiger partial charge in [-0.2, -0.15) is 0 Å². The number of benzene rings is 1. The Morgan fingerprint density at radius 2 is 2.21 bits per heavy atom. The van der Waals surface area contributed by atoms with Gasteiger partial charge in [0.1, 0.15) is 24.3 Å². The van der Waals surface area contributed by atoms with Gasteiger partial charge < -0.3 is 24.9 Å². The highest BCUT2D eigenvalue weighted by molar-refractivity contribution is 6.64. The molecule has 3 N–H and O–H groups in total. The largest absolute Gasteiger partial charge is 0.499 e. The van der Waals surface area contributed by atoms with Crippen molar-refractivity contribution in [2.24, 2.45) is 5.73 Å². The first-order chi connectivity index (χ1) is 8.74. The number of ether oxygens (including phenoxy) is 1. The van der Waals surface area contributed by atoms with Crippen LogP contribution in [-0.4, -0.2) is 38.1 Å². The Kier molecular flexibility index (Phi) is 4.32. The van der Waals surface area contributed by atoms with Gasteiger partial charge in [-0.15, -0.1) is 12.4 Å². The first-order valence-electron chi connectivity index (χ1n) is 5.81. The van der Waals surface area contributed by atoms with E-state index in [9.17, 15) is 4.39 Å². The Balaban J connectivity index is 0.00000133. The Morgan fingerprint density at radius 3 is 2.89 bits per heavy atom. The summed E-state index contributed by atoms with van der Waals surface area (Å²) in [5.41, 5.74) is 6.53. The molecule has 0 amide bonds. The Hall–Kier alpha value is -0.855. The summed E-state index contributed by atoms with van der Waals surface area (Å²) in [7, 11) is -0.723. The molecule has 0 unspecified atom stereocenters. The lowest BCUT2D eigenvalue weighted by Crippen LogP contribution is -2.36. The molecule has 0 saturated carbocycles. The summed E-state index contributed by atoms with van der Waals surface area (Å²) in [6.45, 7) is 0.192. The average Bonchev–Trinajstić information content (AvgIpc) is 2.66. The molecule has 2 aliphatic heterocycles. The summed E-state index contributed by atoms with van der Waals surface area (Å²) < 4.78 is 30.5. The summed E-state index contributed by atoms with van der Waals surface area (Å²) >= 11 is 0. The molecule has 1 aromatic rings. The van der Waals surface area contributed by atoms with E-state index in [0.717, 1.165) is 0 Å². The second-order valence-electron chi connectivity index (χ2n) is 4.32. The number of hydrogen-bond donors (Lipinski definition) is 2. The molecule has 2 heterocycles. The van der Waals surface area contributed by atoms with E-state index in [2.05, 4.69) is 0 Å². The molecular weight excluding hydrogens is 275 g/mol. The molecule has 0 saturated heterocycles. The fourth-order valence-electron chi connectivity index (χ4n) is 2.34. The van der Waals surface area contributed by atoms with E-state index >= 15 is 0 Å². The van der Waals surface area contributed by atoms with Crippen LogP contribution >= 0.6 is 12.4 Å². The maximum absolute atomic E-state index is 13.9. The SMILES string of the molecule is Cl.NC[C@H]1OB2O[C@H](CO)COc3ccc(F)c1c32. The quantitative estimate of drug-likeness (QED) is 0.734. The molecular formula is C11H14BClFNO4. The number of nitrogens with two attached hydrogens (primary N) is 1. The van der Waals surface area contributed by atoms with Crippen molar-refractivity contribution < 1.29 is 23.5 Å². The van der Waals surface area contributed by atoms with E-state index in [1.165, 1.54) is 6.07 Å². The predicted octanol–water partition coefficient (Wildman–Crippen LogP) is -0.257. The summed E-state index contributed by atoms with van der Waals surface area (Å²) in [5, 5.41) is 9.14. The van der Waals surface area contributed by atoms with Crippen LogP contribution < -0.4 is 15.9 Å². The van der Waals surface area contributed by atoms with Crippen molar-refractivity contribution in [2.75, 3.05) is 19.8 Å². The third-order valence-corrected chi connectivity index (χ3v) is 3.20. The van der Waals surface area contributed by atoms with Gasteiger partial charge >= 0.3 is 7.12 Å². The second-order valence-corrected chi connectivity index (χ2v) is 4.32. The van der Waals surface area contributed by atoms with Crippen molar-refractivity contribution in [3.8, 4) is 5.75 Å². The third-order valence-electron chi connectivity index (χ3n) is 3.20. The van der Waals surface area contributed by atoms with Gasteiger partial charge in [-0.05, 0) is 12.1 Å². The van der Waals surface area contributed by atoms with E-state index in [1.807, 2.05) is 0 Å². The zero-order valence-electron chi connectivity index (χ0n) is 10.0. The molecule has 2 atom stereocenters. The Bertz CT molecular complexity index is 478. The van der Waals surface area contributed by atoms with Crippen LogP contribution in [0.4, 0.5) is 4.39 Å². The Morgan fingerprint density at radius 1 is 1.42 bits per heavy atom. The number of aliphatic hydroxyl groups is 1. The molecule has 104 valence electrons. The van der Waals surface area contributed by atoms with Crippen LogP contribution in [0.5, 0.6) is 5.75 Å². The maximum atomic E-state index is 13.9. The second kappa shape index (κ2) is 5.64. The molecule has 0 fully saturated rings. The van der Waals surface area contributed by atoms with Crippen LogP contribution in [0.25, 0.3) is 0 Å². The van der Waals surface area contributed by atoms with Crippen LogP contribution in [0.15, 0.2) is 12.1 Å². The molecule has 19 heavy (non-hydrogen) atoms. The van der Waals surface area contributed by atoms with Crippen LogP contribution in [0, 0.1) is 5.82 Å². The van der Waals surface area contributed by atoms with Crippen molar-refractivity contribution in [1.82, 2.24) is 0 Å². The van der Waals surface area contributed by atoms with E-state index in [0.29, 0.717) is 16.8 Å². The number of aliphatic hydroxyl groups excluding tert-OH is 1. The van der Waals surface area contributed by atoms with Crippen molar-refractivity contribution >= 4 is 25.0 Å². The molecule has 1 aromatic carbocycles. The lowest BCUT2D eigenvalue weighted by atomic mass is 9.77. The highest BCUT2D eigenvalue weighted by atomic mass is 35.5.